The first-order valence-electron chi connectivity index (χ1n) is 6.53. The number of hydrogen-bond donors (Lipinski definition) is 1. The van der Waals surface area contributed by atoms with Gasteiger partial charge in [-0.05, 0) is 42.3 Å². The molecule has 0 radical (unpaired) electrons. The second-order valence-corrected chi connectivity index (χ2v) is 4.90. The highest BCUT2D eigenvalue weighted by molar-refractivity contribution is 5.54. The minimum absolute atomic E-state index is 0.704. The largest absolute Gasteiger partial charge is 0.497 e. The molecule has 2 heterocycles. The predicted molar refractivity (Wildman–Crippen MR) is 80.1 cm³/mol. The van der Waals surface area contributed by atoms with Gasteiger partial charge in [0, 0.05) is 12.6 Å². The number of aryl methyl sites for hydroxylation is 1. The van der Waals surface area contributed by atoms with E-state index in [0.29, 0.717) is 5.82 Å². The van der Waals surface area contributed by atoms with Crippen LogP contribution in [0.1, 0.15) is 16.8 Å². The molecular weight excluding hydrogens is 250 g/mol. The molecule has 0 unspecified atom stereocenters. The molecule has 3 aromatic rings. The van der Waals surface area contributed by atoms with E-state index in [1.54, 1.807) is 7.11 Å². The van der Waals surface area contributed by atoms with E-state index in [0.717, 1.165) is 29.1 Å². The van der Waals surface area contributed by atoms with Crippen molar-refractivity contribution in [3.05, 3.63) is 59.4 Å². The third-order valence-electron chi connectivity index (χ3n) is 3.43. The van der Waals surface area contributed by atoms with Gasteiger partial charge in [-0.25, -0.2) is 4.98 Å². The van der Waals surface area contributed by atoms with Crippen molar-refractivity contribution < 1.29 is 4.74 Å². The Labute approximate surface area is 117 Å². The molecule has 0 saturated carbocycles. The topological polar surface area (TPSA) is 52.5 Å². The van der Waals surface area contributed by atoms with E-state index in [9.17, 15) is 0 Å². The third-order valence-corrected chi connectivity index (χ3v) is 3.43. The van der Waals surface area contributed by atoms with Crippen LogP contribution in [0.3, 0.4) is 0 Å². The van der Waals surface area contributed by atoms with Crippen LogP contribution >= 0.6 is 0 Å². The monoisotopic (exact) mass is 267 g/mol. The lowest BCUT2D eigenvalue weighted by Crippen LogP contribution is -1.97. The number of hydrogen-bond acceptors (Lipinski definition) is 3. The Bertz CT molecular complexity index is 744. The summed E-state index contributed by atoms with van der Waals surface area (Å²) in [5.41, 5.74) is 10.3. The number of rotatable bonds is 3. The highest BCUT2D eigenvalue weighted by Crippen LogP contribution is 2.20. The van der Waals surface area contributed by atoms with Crippen LogP contribution in [0.5, 0.6) is 5.75 Å². The molecule has 102 valence electrons. The molecule has 0 atom stereocenters. The maximum Gasteiger partial charge on any atom is 0.138 e. The molecule has 0 aliphatic rings. The molecule has 0 aliphatic heterocycles. The molecule has 0 fully saturated rings. The molecular formula is C16H17N3O. The van der Waals surface area contributed by atoms with E-state index in [1.807, 2.05) is 53.9 Å². The van der Waals surface area contributed by atoms with Crippen LogP contribution in [0, 0.1) is 6.92 Å². The van der Waals surface area contributed by atoms with Crippen molar-refractivity contribution in [3.8, 4) is 5.75 Å². The van der Waals surface area contributed by atoms with E-state index in [1.165, 1.54) is 5.56 Å². The smallest absolute Gasteiger partial charge is 0.138 e. The molecule has 2 aromatic heterocycles. The Morgan fingerprint density at radius 2 is 1.95 bits per heavy atom. The number of aromatic nitrogens is 2. The third kappa shape index (κ3) is 2.20. The second kappa shape index (κ2) is 4.89. The van der Waals surface area contributed by atoms with Crippen LogP contribution in [0.2, 0.25) is 0 Å². The normalized spacial score (nSPS) is 10.9. The van der Waals surface area contributed by atoms with E-state index in [4.69, 9.17) is 10.5 Å². The molecule has 3 rings (SSSR count). The van der Waals surface area contributed by atoms with Gasteiger partial charge < -0.3 is 10.5 Å². The maximum absolute atomic E-state index is 6.17. The zero-order valence-corrected chi connectivity index (χ0v) is 11.6. The second-order valence-electron chi connectivity index (χ2n) is 4.90. The van der Waals surface area contributed by atoms with E-state index in [2.05, 4.69) is 4.98 Å². The lowest BCUT2D eigenvalue weighted by atomic mass is 10.1. The van der Waals surface area contributed by atoms with Gasteiger partial charge in [0.2, 0.25) is 0 Å². The summed E-state index contributed by atoms with van der Waals surface area (Å²) in [6, 6.07) is 12.0. The van der Waals surface area contributed by atoms with Gasteiger partial charge in [-0.3, -0.25) is 4.40 Å². The minimum Gasteiger partial charge on any atom is -0.497 e. The summed E-state index contributed by atoms with van der Waals surface area (Å²) in [5.74, 6) is 1.56. The summed E-state index contributed by atoms with van der Waals surface area (Å²) in [7, 11) is 1.66. The Morgan fingerprint density at radius 1 is 1.20 bits per heavy atom. The van der Waals surface area contributed by atoms with Crippen molar-refractivity contribution in [2.75, 3.05) is 12.8 Å². The van der Waals surface area contributed by atoms with Crippen molar-refractivity contribution in [2.24, 2.45) is 0 Å². The van der Waals surface area contributed by atoms with Crippen molar-refractivity contribution in [1.82, 2.24) is 9.38 Å². The quantitative estimate of drug-likeness (QED) is 0.794. The number of nitrogens with zero attached hydrogens (tertiary/aromatic N) is 2. The Kier molecular flexibility index (Phi) is 3.06. The van der Waals surface area contributed by atoms with Gasteiger partial charge in [-0.15, -0.1) is 0 Å². The minimum atomic E-state index is 0.704. The van der Waals surface area contributed by atoms with Gasteiger partial charge in [-0.2, -0.15) is 0 Å². The Balaban J connectivity index is 1.95. The van der Waals surface area contributed by atoms with Crippen LogP contribution in [-0.2, 0) is 6.42 Å². The molecule has 4 nitrogen and oxygen atoms in total. The van der Waals surface area contributed by atoms with E-state index < -0.39 is 0 Å². The van der Waals surface area contributed by atoms with E-state index in [-0.39, 0.29) is 0 Å². The Hall–Kier alpha value is -2.49. The number of methoxy groups -OCH3 is 1. The first-order chi connectivity index (χ1) is 9.67. The van der Waals surface area contributed by atoms with Crippen LogP contribution in [-0.4, -0.2) is 16.5 Å². The number of nitrogens with two attached hydrogens (primary N) is 1. The lowest BCUT2D eigenvalue weighted by Gasteiger charge is -2.02. The van der Waals surface area contributed by atoms with Crippen LogP contribution in [0.25, 0.3) is 5.65 Å². The fraction of sp³-hybridized carbons (Fsp3) is 0.188. The molecule has 0 spiro atoms. The zero-order valence-electron chi connectivity index (χ0n) is 11.6. The fourth-order valence-electron chi connectivity index (χ4n) is 2.28. The molecule has 2 N–H and O–H groups in total. The number of pyridine rings is 1. The summed E-state index contributed by atoms with van der Waals surface area (Å²) in [6.45, 7) is 2.05. The molecule has 4 heteroatoms. The number of nitrogen functional groups attached to an aromatic ring is 1. The zero-order chi connectivity index (χ0) is 14.1. The summed E-state index contributed by atoms with van der Waals surface area (Å²) >= 11 is 0. The van der Waals surface area contributed by atoms with Crippen molar-refractivity contribution in [2.45, 2.75) is 13.3 Å². The van der Waals surface area contributed by atoms with Gasteiger partial charge in [0.25, 0.3) is 0 Å². The molecule has 0 amide bonds. The standard InChI is InChI=1S/C16H17N3O/c1-11-7-8-19-15(9-11)18-14(16(19)17)10-12-3-5-13(20-2)6-4-12/h3-9H,10,17H2,1-2H3. The van der Waals surface area contributed by atoms with Gasteiger partial charge in [0.15, 0.2) is 0 Å². The SMILES string of the molecule is COc1ccc(Cc2nc3cc(C)ccn3c2N)cc1. The first-order valence-corrected chi connectivity index (χ1v) is 6.53. The number of ether oxygens (including phenoxy) is 1. The van der Waals surface area contributed by atoms with Crippen molar-refractivity contribution >= 4 is 11.5 Å². The average molecular weight is 267 g/mol. The predicted octanol–water partition coefficient (Wildman–Crippen LogP) is 2.82. The van der Waals surface area contributed by atoms with Crippen molar-refractivity contribution in [3.63, 3.8) is 0 Å². The van der Waals surface area contributed by atoms with E-state index >= 15 is 0 Å². The summed E-state index contributed by atoms with van der Waals surface area (Å²) in [6.07, 6.45) is 2.68. The molecule has 1 aromatic carbocycles. The van der Waals surface area contributed by atoms with Gasteiger partial charge in [0.1, 0.15) is 17.2 Å². The van der Waals surface area contributed by atoms with Crippen LogP contribution < -0.4 is 10.5 Å². The molecule has 0 bridgehead atoms. The summed E-state index contributed by atoms with van der Waals surface area (Å²) in [5, 5.41) is 0. The summed E-state index contributed by atoms with van der Waals surface area (Å²) < 4.78 is 7.08. The number of fused-ring (bicyclic) bond motifs is 1. The first kappa shape index (κ1) is 12.5. The van der Waals surface area contributed by atoms with Crippen LogP contribution in [0.4, 0.5) is 5.82 Å². The van der Waals surface area contributed by atoms with Gasteiger partial charge >= 0.3 is 0 Å². The number of imidazole rings is 1. The molecule has 20 heavy (non-hydrogen) atoms. The average Bonchev–Trinajstić information content (AvgIpc) is 2.75. The molecule has 0 saturated heterocycles. The maximum atomic E-state index is 6.17. The lowest BCUT2D eigenvalue weighted by molar-refractivity contribution is 0.414. The highest BCUT2D eigenvalue weighted by atomic mass is 16.5. The molecule has 0 aliphatic carbocycles. The summed E-state index contributed by atoms with van der Waals surface area (Å²) in [4.78, 5) is 4.62. The fourth-order valence-corrected chi connectivity index (χ4v) is 2.28. The van der Waals surface area contributed by atoms with Crippen molar-refractivity contribution in [1.29, 1.82) is 0 Å². The number of anilines is 1. The Morgan fingerprint density at radius 3 is 2.65 bits per heavy atom. The van der Waals surface area contributed by atoms with Crippen LogP contribution in [0.15, 0.2) is 42.6 Å². The van der Waals surface area contributed by atoms with Gasteiger partial charge in [-0.1, -0.05) is 12.1 Å². The number of benzene rings is 1. The highest BCUT2D eigenvalue weighted by Gasteiger charge is 2.09. The van der Waals surface area contributed by atoms with Gasteiger partial charge in [0.05, 0.1) is 12.8 Å².